The van der Waals surface area contributed by atoms with Gasteiger partial charge in [-0.25, -0.2) is 0 Å². The second kappa shape index (κ2) is 14.0. The Morgan fingerprint density at radius 1 is 0.817 bits per heavy atom. The van der Waals surface area contributed by atoms with Crippen LogP contribution in [-0.2, 0) is 36.4 Å². The molecule has 5 nitrogen and oxygen atoms in total. The molecule has 305 valence electrons. The van der Waals surface area contributed by atoms with E-state index in [-0.39, 0.29) is 43.3 Å². The molecule has 0 saturated carbocycles. The van der Waals surface area contributed by atoms with Gasteiger partial charge in [0.05, 0.1) is 11.3 Å². The van der Waals surface area contributed by atoms with E-state index in [1.807, 2.05) is 36.5 Å². The van der Waals surface area contributed by atoms with Gasteiger partial charge in [0.1, 0.15) is 0 Å². The average Bonchev–Trinajstić information content (AvgIpc) is 3.88. The molecule has 3 aromatic heterocycles. The van der Waals surface area contributed by atoms with Crippen molar-refractivity contribution in [1.82, 2.24) is 18.8 Å². The molecule has 1 radical (unpaired) electrons. The molecule has 5 aromatic carbocycles. The third-order valence-corrected chi connectivity index (χ3v) is 14.3. The number of rotatable bonds is 3. The molecular weight excluding hydrogens is 910 g/mol. The van der Waals surface area contributed by atoms with Crippen LogP contribution in [0.15, 0.2) is 103 Å². The zero-order chi connectivity index (χ0) is 43.8. The molecule has 0 N–H and O–H groups in total. The maximum absolute atomic E-state index is 8.39. The van der Waals surface area contributed by atoms with Crippen LogP contribution >= 0.6 is 0 Å². The van der Waals surface area contributed by atoms with Gasteiger partial charge in [0.15, 0.2) is 0 Å². The molecule has 0 bridgehead atoms. The summed E-state index contributed by atoms with van der Waals surface area (Å²) >= 11 is 0. The fourth-order valence-electron chi connectivity index (χ4n) is 11.3. The first kappa shape index (κ1) is 36.8. The molecule has 1 unspecified atom stereocenters. The Morgan fingerprint density at radius 3 is 2.27 bits per heavy atom. The molecule has 1 atom stereocenters. The normalized spacial score (nSPS) is 18.9. The SMILES string of the molecule is CC(C)c1cccc(C(C)C)c1B1N(C)c2ccc[c-]c2-c2nccn21.[2H]C([2H])([2H])c1ccc2c3c1c1ccc[c-]c1c1nc4c(n13)C(C)(CC(C)(C)c1ccccc1-4)C2(C)C.[Ir]. The van der Waals surface area contributed by atoms with Crippen molar-refractivity contribution in [2.75, 3.05) is 11.9 Å². The monoisotopic (exact) mass is 967 g/mol. The summed E-state index contributed by atoms with van der Waals surface area (Å²) in [5, 5.41) is 2.58. The number of benzene rings is 5. The van der Waals surface area contributed by atoms with Crippen LogP contribution < -0.4 is 10.3 Å². The molecule has 3 aliphatic rings. The smallest absolute Gasteiger partial charge is 0.399 e. The van der Waals surface area contributed by atoms with Gasteiger partial charge in [-0.15, -0.1) is 53.9 Å². The molecule has 5 heterocycles. The van der Waals surface area contributed by atoms with Crippen molar-refractivity contribution in [2.24, 2.45) is 0 Å². The first-order chi connectivity index (χ1) is 29.4. The molecule has 1 aliphatic carbocycles. The Hall–Kier alpha value is -4.97. The van der Waals surface area contributed by atoms with Crippen LogP contribution in [-0.4, -0.2) is 32.9 Å². The van der Waals surface area contributed by atoms with Crippen molar-refractivity contribution in [3.8, 4) is 22.6 Å². The number of nitrogens with zero attached hydrogens (tertiary/aromatic N) is 5. The number of hydrogen-bond donors (Lipinski definition) is 0. The minimum Gasteiger partial charge on any atom is -0.436 e. The van der Waals surface area contributed by atoms with Gasteiger partial charge in [0.2, 0.25) is 0 Å². The van der Waals surface area contributed by atoms with Crippen molar-refractivity contribution < 1.29 is 24.2 Å². The van der Waals surface area contributed by atoms with E-state index < -0.39 is 6.85 Å². The molecule has 60 heavy (non-hydrogen) atoms. The molecule has 0 amide bonds. The summed E-state index contributed by atoms with van der Waals surface area (Å²) in [7, 11) is 2.18. The van der Waals surface area contributed by atoms with E-state index in [1.54, 1.807) is 0 Å². The topological polar surface area (TPSA) is 38.4 Å². The van der Waals surface area contributed by atoms with E-state index in [0.29, 0.717) is 17.4 Å². The number of pyridine rings is 1. The van der Waals surface area contributed by atoms with Crippen LogP contribution in [0, 0.1) is 19.0 Å². The maximum atomic E-state index is 8.39. The standard InChI is InChI=1S/C31H29N2.C22H25BN3.Ir/c1-18-15-16-23-26-24(18)19-11-7-8-12-20(19)28-32-25-21-13-9-10-14-22(21)29(2,3)17-31(6,30(23,4)5)27(25)33(26)28;1-15(2)17-10-8-11-18(16(3)4)21(17)23-25(5)20-12-7-6-9-19(20)22-24-13-14-26(22)23;/h7-11,13-16H,17H2,1-6H3;6-8,10-16H,1-5H3;/q2*-1;/i1D3;;. The van der Waals surface area contributed by atoms with Gasteiger partial charge in [-0.2, -0.15) is 0 Å². The van der Waals surface area contributed by atoms with E-state index in [4.69, 9.17) is 9.10 Å². The minimum absolute atomic E-state index is 0. The van der Waals surface area contributed by atoms with Crippen molar-refractivity contribution >= 4 is 45.5 Å². The summed E-state index contributed by atoms with van der Waals surface area (Å²) in [5.74, 6) is 1.93. The van der Waals surface area contributed by atoms with Gasteiger partial charge in [-0.1, -0.05) is 139 Å². The zero-order valence-electron chi connectivity index (χ0n) is 39.3. The quantitative estimate of drug-likeness (QED) is 0.101. The van der Waals surface area contributed by atoms with Crippen LogP contribution in [0.4, 0.5) is 5.69 Å². The van der Waals surface area contributed by atoms with Crippen LogP contribution in [0.2, 0.25) is 0 Å². The van der Waals surface area contributed by atoms with E-state index in [1.165, 1.54) is 44.7 Å². The molecule has 7 heteroatoms. The van der Waals surface area contributed by atoms with E-state index in [9.17, 15) is 0 Å². The van der Waals surface area contributed by atoms with Crippen LogP contribution in [0.5, 0.6) is 0 Å². The Balaban J connectivity index is 0.000000166. The Morgan fingerprint density at radius 2 is 1.53 bits per heavy atom. The van der Waals surface area contributed by atoms with Crippen LogP contribution in [0.25, 0.3) is 50.0 Å². The molecule has 2 aliphatic heterocycles. The van der Waals surface area contributed by atoms with Gasteiger partial charge >= 0.3 is 6.98 Å². The van der Waals surface area contributed by atoms with Gasteiger partial charge in [-0.3, -0.25) is 9.97 Å². The van der Waals surface area contributed by atoms with E-state index >= 15 is 0 Å². The number of aryl methyl sites for hydroxylation is 1. The second-order valence-corrected chi connectivity index (χ2v) is 19.1. The molecule has 8 aromatic rings. The number of aromatic nitrogens is 4. The van der Waals surface area contributed by atoms with Gasteiger partial charge in [-0.05, 0) is 70.7 Å². The van der Waals surface area contributed by atoms with Gasteiger partial charge in [0, 0.05) is 70.0 Å². The van der Waals surface area contributed by atoms with Gasteiger partial charge in [0.25, 0.3) is 0 Å². The van der Waals surface area contributed by atoms with Crippen LogP contribution in [0.3, 0.4) is 0 Å². The average molecular weight is 967 g/mol. The van der Waals surface area contributed by atoms with Crippen molar-refractivity contribution in [3.05, 3.63) is 149 Å². The summed E-state index contributed by atoms with van der Waals surface area (Å²) in [6.07, 6.45) is 4.95. The predicted molar refractivity (Wildman–Crippen MR) is 248 cm³/mol. The van der Waals surface area contributed by atoms with Crippen molar-refractivity contribution in [3.63, 3.8) is 0 Å². The van der Waals surface area contributed by atoms with Gasteiger partial charge < -0.3 is 13.7 Å². The maximum Gasteiger partial charge on any atom is 0.399 e. The first-order valence-corrected chi connectivity index (χ1v) is 21.2. The largest absolute Gasteiger partial charge is 0.436 e. The summed E-state index contributed by atoms with van der Waals surface area (Å²) < 4.78 is 29.8. The molecule has 0 saturated heterocycles. The number of hydrogen-bond acceptors (Lipinski definition) is 3. The Kier molecular flexibility index (Phi) is 8.62. The number of anilines is 1. The zero-order valence-corrected chi connectivity index (χ0v) is 38.7. The summed E-state index contributed by atoms with van der Waals surface area (Å²) in [6.45, 7) is 18.7. The van der Waals surface area contributed by atoms with E-state index in [0.717, 1.165) is 50.8 Å². The fourth-order valence-corrected chi connectivity index (χ4v) is 11.3. The third kappa shape index (κ3) is 5.47. The summed E-state index contributed by atoms with van der Waals surface area (Å²) in [5.41, 5.74) is 14.0. The molecular formula is C53H54BIrN5-2. The minimum atomic E-state index is -2.23. The summed E-state index contributed by atoms with van der Waals surface area (Å²) in [6, 6.07) is 38.2. The Labute approximate surface area is 374 Å². The van der Waals surface area contributed by atoms with Crippen LogP contribution in [0.1, 0.15) is 118 Å². The third-order valence-electron chi connectivity index (χ3n) is 14.3. The van der Waals surface area contributed by atoms with Crippen molar-refractivity contribution in [1.29, 1.82) is 0 Å². The fraction of sp³-hybridized carbons (Fsp3) is 0.321. The van der Waals surface area contributed by atoms with E-state index in [2.05, 4.69) is 167 Å². The molecule has 0 fully saturated rings. The summed E-state index contributed by atoms with van der Waals surface area (Å²) in [4.78, 5) is 12.4. The second-order valence-electron chi connectivity index (χ2n) is 19.1. The first-order valence-electron chi connectivity index (χ1n) is 22.7. The molecule has 0 spiro atoms. The number of imidazole rings is 2. The number of fused-ring (bicyclic) bond motifs is 8. The Bertz CT molecular complexity index is 3100. The van der Waals surface area contributed by atoms with Crippen molar-refractivity contribution in [2.45, 2.75) is 104 Å². The predicted octanol–water partition coefficient (Wildman–Crippen LogP) is 11.9. The molecule has 11 rings (SSSR count).